The second-order valence-electron chi connectivity index (χ2n) is 9.83. The Hall–Kier alpha value is -3.52. The molecule has 6 rings (SSSR count). The zero-order chi connectivity index (χ0) is 25.0. The van der Waals surface area contributed by atoms with Crippen molar-refractivity contribution in [3.8, 4) is 11.3 Å². The molecule has 8 heteroatoms. The summed E-state index contributed by atoms with van der Waals surface area (Å²) >= 11 is 0. The molecule has 1 saturated heterocycles. The van der Waals surface area contributed by atoms with E-state index < -0.39 is 11.6 Å². The summed E-state index contributed by atoms with van der Waals surface area (Å²) in [6, 6.07) is 7.49. The fraction of sp³-hybridized carbons (Fsp3) is 0.357. The van der Waals surface area contributed by atoms with Gasteiger partial charge in [-0.3, -0.25) is 14.2 Å². The first-order valence-electron chi connectivity index (χ1n) is 12.3. The standard InChI is InChI=1S/C28H26F2N4O2/c1-15-16(2)32-27-26(21-6-5-20(29)13-22(21)30)33-24(14-34(27)28(15)35)18-8-10-36-25(12-18)19-7-9-31-23(11-19)17-3-4-17/h5-7,9,11,13-14,17-18,25H,3-4,8,10,12H2,1-2H3/t18-,25+/m0/s1. The molecule has 1 aliphatic heterocycles. The minimum Gasteiger partial charge on any atom is -0.373 e. The highest BCUT2D eigenvalue weighted by Crippen LogP contribution is 2.42. The van der Waals surface area contributed by atoms with Gasteiger partial charge < -0.3 is 4.74 Å². The van der Waals surface area contributed by atoms with Gasteiger partial charge in [0.1, 0.15) is 17.3 Å². The van der Waals surface area contributed by atoms with E-state index in [9.17, 15) is 13.6 Å². The second kappa shape index (κ2) is 8.85. The molecule has 0 unspecified atom stereocenters. The van der Waals surface area contributed by atoms with Crippen molar-refractivity contribution in [2.75, 3.05) is 6.61 Å². The molecular formula is C28H26F2N4O2. The minimum atomic E-state index is -0.747. The van der Waals surface area contributed by atoms with Gasteiger partial charge in [0.2, 0.25) is 0 Å². The van der Waals surface area contributed by atoms with Crippen molar-refractivity contribution in [2.45, 2.75) is 57.5 Å². The van der Waals surface area contributed by atoms with Gasteiger partial charge in [-0.05, 0) is 69.4 Å². The summed E-state index contributed by atoms with van der Waals surface area (Å²) in [5, 5.41) is 0. The van der Waals surface area contributed by atoms with E-state index in [1.165, 1.54) is 29.4 Å². The Balaban J connectivity index is 1.45. The van der Waals surface area contributed by atoms with Crippen molar-refractivity contribution in [3.63, 3.8) is 0 Å². The number of aryl methyl sites for hydroxylation is 1. The van der Waals surface area contributed by atoms with Gasteiger partial charge in [0, 0.05) is 59.4 Å². The van der Waals surface area contributed by atoms with Crippen molar-refractivity contribution in [1.29, 1.82) is 0 Å². The van der Waals surface area contributed by atoms with Crippen LogP contribution in [0, 0.1) is 25.5 Å². The summed E-state index contributed by atoms with van der Waals surface area (Å²) in [4.78, 5) is 27.1. The zero-order valence-corrected chi connectivity index (χ0v) is 20.2. The molecule has 1 aliphatic carbocycles. The van der Waals surface area contributed by atoms with Crippen LogP contribution >= 0.6 is 0 Å². The van der Waals surface area contributed by atoms with Crippen molar-refractivity contribution in [3.05, 3.63) is 92.9 Å². The van der Waals surface area contributed by atoms with Crippen molar-refractivity contribution in [1.82, 2.24) is 19.4 Å². The second-order valence-corrected chi connectivity index (χ2v) is 9.83. The van der Waals surface area contributed by atoms with E-state index in [-0.39, 0.29) is 34.5 Å². The molecule has 0 radical (unpaired) electrons. The van der Waals surface area contributed by atoms with Crippen LogP contribution in [0.15, 0.2) is 47.5 Å². The zero-order valence-electron chi connectivity index (χ0n) is 20.2. The maximum atomic E-state index is 14.9. The van der Waals surface area contributed by atoms with E-state index in [0.29, 0.717) is 42.3 Å². The van der Waals surface area contributed by atoms with E-state index in [2.05, 4.69) is 16.0 Å². The number of nitrogens with zero attached hydrogens (tertiary/aromatic N) is 4. The molecule has 2 aliphatic rings. The highest BCUT2D eigenvalue weighted by Gasteiger charge is 2.30. The molecule has 0 bridgehead atoms. The van der Waals surface area contributed by atoms with E-state index in [1.807, 2.05) is 12.3 Å². The third kappa shape index (κ3) is 4.09. The molecule has 36 heavy (non-hydrogen) atoms. The number of halogens is 2. The van der Waals surface area contributed by atoms with Crippen LogP contribution in [0.5, 0.6) is 0 Å². The summed E-state index contributed by atoms with van der Waals surface area (Å²) in [5.74, 6) is -0.889. The maximum Gasteiger partial charge on any atom is 0.261 e. The number of pyridine rings is 1. The Morgan fingerprint density at radius 2 is 1.83 bits per heavy atom. The molecule has 4 aromatic rings. The monoisotopic (exact) mass is 488 g/mol. The number of benzene rings is 1. The molecule has 0 amide bonds. The van der Waals surface area contributed by atoms with Gasteiger partial charge in [-0.25, -0.2) is 18.7 Å². The number of fused-ring (bicyclic) bond motifs is 1. The number of hydrogen-bond acceptors (Lipinski definition) is 5. The first kappa shape index (κ1) is 22.9. The Bertz CT molecular complexity index is 1550. The molecule has 4 heterocycles. The van der Waals surface area contributed by atoms with Crippen LogP contribution in [0.1, 0.15) is 71.8 Å². The summed E-state index contributed by atoms with van der Waals surface area (Å²) in [6.45, 7) is 4.00. The topological polar surface area (TPSA) is 69.4 Å². The van der Waals surface area contributed by atoms with Crippen LogP contribution in [-0.2, 0) is 4.74 Å². The first-order valence-corrected chi connectivity index (χ1v) is 12.3. The van der Waals surface area contributed by atoms with Crippen LogP contribution in [0.2, 0.25) is 0 Å². The van der Waals surface area contributed by atoms with Crippen LogP contribution < -0.4 is 5.56 Å². The number of hydrogen-bond donors (Lipinski definition) is 0. The summed E-state index contributed by atoms with van der Waals surface area (Å²) in [6.07, 6.45) is 7.18. The smallest absolute Gasteiger partial charge is 0.261 e. The highest BCUT2D eigenvalue weighted by atomic mass is 19.1. The van der Waals surface area contributed by atoms with E-state index in [4.69, 9.17) is 9.72 Å². The van der Waals surface area contributed by atoms with E-state index >= 15 is 0 Å². The third-order valence-corrected chi connectivity index (χ3v) is 7.36. The lowest BCUT2D eigenvalue weighted by Gasteiger charge is -2.30. The molecule has 2 atom stereocenters. The van der Waals surface area contributed by atoms with Gasteiger partial charge >= 0.3 is 0 Å². The van der Waals surface area contributed by atoms with Gasteiger partial charge in [0.15, 0.2) is 5.65 Å². The van der Waals surface area contributed by atoms with Gasteiger partial charge in [0.25, 0.3) is 5.56 Å². The number of aromatic nitrogens is 4. The van der Waals surface area contributed by atoms with Crippen LogP contribution in [-0.4, -0.2) is 26.0 Å². The molecule has 0 N–H and O–H groups in total. The summed E-state index contributed by atoms with van der Waals surface area (Å²) < 4.78 is 36.1. The largest absolute Gasteiger partial charge is 0.373 e. The van der Waals surface area contributed by atoms with Gasteiger partial charge in [0.05, 0.1) is 11.8 Å². The SMILES string of the molecule is Cc1nc2c(-c3ccc(F)cc3F)nc([C@H]3CCO[C@@H](c4ccnc(C5CC5)c4)C3)cn2c(=O)c1C. The molecular weight excluding hydrogens is 462 g/mol. The third-order valence-electron chi connectivity index (χ3n) is 7.36. The van der Waals surface area contributed by atoms with Gasteiger partial charge in [-0.2, -0.15) is 0 Å². The Morgan fingerprint density at radius 1 is 1.00 bits per heavy atom. The predicted molar refractivity (Wildman–Crippen MR) is 131 cm³/mol. The Kier molecular flexibility index (Phi) is 5.63. The predicted octanol–water partition coefficient (Wildman–Crippen LogP) is 5.56. The highest BCUT2D eigenvalue weighted by molar-refractivity contribution is 5.74. The molecule has 1 saturated carbocycles. The number of ether oxygens (including phenoxy) is 1. The quantitative estimate of drug-likeness (QED) is 0.376. The molecule has 6 nitrogen and oxygen atoms in total. The average molecular weight is 489 g/mol. The van der Waals surface area contributed by atoms with Crippen LogP contribution in [0.3, 0.4) is 0 Å². The minimum absolute atomic E-state index is 0.0125. The van der Waals surface area contributed by atoms with E-state index in [0.717, 1.165) is 17.3 Å². The lowest BCUT2D eigenvalue weighted by molar-refractivity contribution is 0.00450. The Labute approximate surface area is 207 Å². The molecule has 3 aromatic heterocycles. The maximum absolute atomic E-state index is 14.9. The van der Waals surface area contributed by atoms with Crippen LogP contribution in [0.25, 0.3) is 16.9 Å². The lowest BCUT2D eigenvalue weighted by atomic mass is 9.89. The fourth-order valence-corrected chi connectivity index (χ4v) is 4.98. The summed E-state index contributed by atoms with van der Waals surface area (Å²) in [7, 11) is 0. The molecule has 2 fully saturated rings. The number of rotatable bonds is 4. The van der Waals surface area contributed by atoms with Crippen molar-refractivity contribution >= 4 is 5.65 Å². The summed E-state index contributed by atoms with van der Waals surface area (Å²) in [5.41, 5.74) is 4.30. The fourth-order valence-electron chi connectivity index (χ4n) is 4.98. The van der Waals surface area contributed by atoms with E-state index in [1.54, 1.807) is 20.0 Å². The van der Waals surface area contributed by atoms with Crippen molar-refractivity contribution < 1.29 is 13.5 Å². The van der Waals surface area contributed by atoms with Gasteiger partial charge in [-0.1, -0.05) is 0 Å². The molecule has 0 spiro atoms. The van der Waals surface area contributed by atoms with Crippen LogP contribution in [0.4, 0.5) is 8.78 Å². The average Bonchev–Trinajstić information content (AvgIpc) is 3.73. The lowest BCUT2D eigenvalue weighted by Crippen LogP contribution is -2.24. The van der Waals surface area contributed by atoms with Crippen molar-refractivity contribution in [2.24, 2.45) is 0 Å². The molecule has 184 valence electrons. The first-order chi connectivity index (χ1) is 17.4. The van der Waals surface area contributed by atoms with Gasteiger partial charge in [-0.15, -0.1) is 0 Å². The Morgan fingerprint density at radius 3 is 2.61 bits per heavy atom. The normalized spacial score (nSPS) is 20.1. The molecule has 1 aromatic carbocycles.